The molecule has 1 aliphatic carbocycles. The first kappa shape index (κ1) is 16.7. The van der Waals surface area contributed by atoms with Crippen molar-refractivity contribution in [3.8, 4) is 0 Å². The molecule has 2 aromatic heterocycles. The summed E-state index contributed by atoms with van der Waals surface area (Å²) in [5.41, 5.74) is 6.98. The van der Waals surface area contributed by atoms with Gasteiger partial charge in [-0.25, -0.2) is 0 Å². The van der Waals surface area contributed by atoms with Crippen LogP contribution in [0.3, 0.4) is 0 Å². The smallest absolute Gasteiger partial charge is 0.251 e. The fourth-order valence-electron chi connectivity index (χ4n) is 2.38. The normalized spacial score (nSPS) is 13.1. The Balaban J connectivity index is 1.65. The topological polar surface area (TPSA) is 98.0 Å². The van der Waals surface area contributed by atoms with Crippen molar-refractivity contribution in [2.75, 3.05) is 17.3 Å². The van der Waals surface area contributed by atoms with Gasteiger partial charge in [-0.15, -0.1) is 21.5 Å². The number of nitrogens with zero attached hydrogens (tertiary/aromatic N) is 2. The Bertz CT molecular complexity index is 755. The third-order valence-corrected chi connectivity index (χ3v) is 7.55. The molecular formula is C13H14N4O2S4. The Morgan fingerprint density at radius 3 is 2.74 bits per heavy atom. The number of nitrogens with two attached hydrogens (primary N) is 1. The van der Waals surface area contributed by atoms with Crippen molar-refractivity contribution in [3.05, 3.63) is 16.0 Å². The molecule has 0 bridgehead atoms. The predicted octanol–water partition coefficient (Wildman–Crippen LogP) is 2.64. The minimum atomic E-state index is -0.471. The molecular weight excluding hydrogens is 372 g/mol. The molecule has 23 heavy (non-hydrogen) atoms. The number of anilines is 1. The zero-order chi connectivity index (χ0) is 16.4. The fourth-order valence-corrected chi connectivity index (χ4v) is 5.93. The Morgan fingerprint density at radius 2 is 2.04 bits per heavy atom. The number of rotatable bonds is 6. The van der Waals surface area contributed by atoms with Gasteiger partial charge in [-0.3, -0.25) is 9.59 Å². The van der Waals surface area contributed by atoms with Gasteiger partial charge in [0.15, 0.2) is 8.68 Å². The van der Waals surface area contributed by atoms with Crippen LogP contribution in [0.15, 0.2) is 8.68 Å². The molecule has 0 atom stereocenters. The molecule has 0 fully saturated rings. The summed E-state index contributed by atoms with van der Waals surface area (Å²) in [6.07, 6.45) is 4.79. The Hall–Kier alpha value is -1.10. The number of nitrogens with one attached hydrogen (secondary N) is 1. The summed E-state index contributed by atoms with van der Waals surface area (Å²) >= 11 is 5.79. The average Bonchev–Trinajstić information content (AvgIpc) is 3.19. The van der Waals surface area contributed by atoms with Crippen molar-refractivity contribution < 1.29 is 9.59 Å². The molecule has 10 heteroatoms. The number of thiophene rings is 1. The molecule has 2 aromatic rings. The minimum Gasteiger partial charge on any atom is -0.365 e. The summed E-state index contributed by atoms with van der Waals surface area (Å²) in [7, 11) is 0. The lowest BCUT2D eigenvalue weighted by Gasteiger charge is -2.05. The van der Waals surface area contributed by atoms with Crippen LogP contribution in [0.4, 0.5) is 5.00 Å². The lowest BCUT2D eigenvalue weighted by atomic mass is 10.1. The van der Waals surface area contributed by atoms with Crippen LogP contribution in [-0.2, 0) is 17.6 Å². The summed E-state index contributed by atoms with van der Waals surface area (Å²) < 4.78 is 1.63. The summed E-state index contributed by atoms with van der Waals surface area (Å²) in [5, 5.41) is 11.4. The van der Waals surface area contributed by atoms with Crippen LogP contribution in [-0.4, -0.2) is 34.0 Å². The van der Waals surface area contributed by atoms with E-state index in [1.807, 2.05) is 6.26 Å². The summed E-state index contributed by atoms with van der Waals surface area (Å²) in [4.78, 5) is 25.0. The third kappa shape index (κ3) is 3.70. The second kappa shape index (κ2) is 7.20. The number of primary amides is 1. The van der Waals surface area contributed by atoms with Gasteiger partial charge >= 0.3 is 0 Å². The highest BCUT2D eigenvalue weighted by atomic mass is 32.2. The highest BCUT2D eigenvalue weighted by Crippen LogP contribution is 2.39. The van der Waals surface area contributed by atoms with Gasteiger partial charge in [0.1, 0.15) is 5.00 Å². The first-order valence-corrected chi connectivity index (χ1v) is 10.7. The lowest BCUT2D eigenvalue weighted by molar-refractivity contribution is -0.113. The van der Waals surface area contributed by atoms with Gasteiger partial charge in [-0.1, -0.05) is 34.9 Å². The van der Waals surface area contributed by atoms with Gasteiger partial charge < -0.3 is 11.1 Å². The van der Waals surface area contributed by atoms with Crippen molar-refractivity contribution in [1.29, 1.82) is 0 Å². The first-order valence-electron chi connectivity index (χ1n) is 6.83. The molecule has 3 N–H and O–H groups in total. The van der Waals surface area contributed by atoms with E-state index in [4.69, 9.17) is 5.73 Å². The minimum absolute atomic E-state index is 0.168. The van der Waals surface area contributed by atoms with E-state index in [-0.39, 0.29) is 11.7 Å². The Labute approximate surface area is 149 Å². The molecule has 2 amide bonds. The molecule has 1 aliphatic rings. The van der Waals surface area contributed by atoms with Crippen molar-refractivity contribution >= 4 is 63.0 Å². The number of hydrogen-bond acceptors (Lipinski definition) is 8. The first-order chi connectivity index (χ1) is 11.1. The zero-order valence-corrected chi connectivity index (χ0v) is 15.5. The largest absolute Gasteiger partial charge is 0.365 e. The summed E-state index contributed by atoms with van der Waals surface area (Å²) in [6, 6.07) is 0. The average molecular weight is 387 g/mol. The fraction of sp³-hybridized carbons (Fsp3) is 0.385. The number of fused-ring (bicyclic) bond motifs is 1. The van der Waals surface area contributed by atoms with Crippen LogP contribution in [0, 0.1) is 0 Å². The molecule has 0 unspecified atom stereocenters. The number of thioether (sulfide) groups is 2. The highest BCUT2D eigenvalue weighted by Gasteiger charge is 2.26. The second-order valence-electron chi connectivity index (χ2n) is 4.80. The van der Waals surface area contributed by atoms with Crippen molar-refractivity contribution in [3.63, 3.8) is 0 Å². The molecule has 122 valence electrons. The van der Waals surface area contributed by atoms with Gasteiger partial charge in [0.2, 0.25) is 5.91 Å². The maximum Gasteiger partial charge on any atom is 0.251 e. The van der Waals surface area contributed by atoms with Crippen LogP contribution in [0.25, 0.3) is 0 Å². The molecule has 0 radical (unpaired) electrons. The van der Waals surface area contributed by atoms with Crippen LogP contribution in [0.1, 0.15) is 27.2 Å². The zero-order valence-electron chi connectivity index (χ0n) is 12.2. The van der Waals surface area contributed by atoms with Crippen molar-refractivity contribution in [2.45, 2.75) is 27.9 Å². The van der Waals surface area contributed by atoms with E-state index >= 15 is 0 Å². The molecule has 2 heterocycles. The SMILES string of the molecule is CSc1nnc(SCC(=O)Nc2sc3c(c2C(N)=O)CCC3)s1. The van der Waals surface area contributed by atoms with Gasteiger partial charge in [0.25, 0.3) is 5.91 Å². The van der Waals surface area contributed by atoms with E-state index in [1.165, 1.54) is 46.2 Å². The number of aryl methyl sites for hydroxylation is 1. The van der Waals surface area contributed by atoms with Crippen LogP contribution >= 0.6 is 46.2 Å². The summed E-state index contributed by atoms with van der Waals surface area (Å²) in [6.45, 7) is 0. The monoisotopic (exact) mass is 386 g/mol. The van der Waals surface area contributed by atoms with Crippen molar-refractivity contribution in [2.24, 2.45) is 5.73 Å². The van der Waals surface area contributed by atoms with Crippen molar-refractivity contribution in [1.82, 2.24) is 10.2 Å². The number of amides is 2. The Morgan fingerprint density at radius 1 is 1.26 bits per heavy atom. The molecule has 3 rings (SSSR count). The maximum atomic E-state index is 12.1. The molecule has 0 spiro atoms. The van der Waals surface area contributed by atoms with Gasteiger partial charge in [-0.05, 0) is 31.1 Å². The molecule has 6 nitrogen and oxygen atoms in total. The number of hydrogen-bond donors (Lipinski definition) is 2. The highest BCUT2D eigenvalue weighted by molar-refractivity contribution is 8.03. The van der Waals surface area contributed by atoms with E-state index in [2.05, 4.69) is 15.5 Å². The van der Waals surface area contributed by atoms with Gasteiger partial charge in [0, 0.05) is 4.88 Å². The summed E-state index contributed by atoms with van der Waals surface area (Å²) in [5.74, 6) is -0.413. The predicted molar refractivity (Wildman–Crippen MR) is 95.9 cm³/mol. The molecule has 0 saturated carbocycles. The van der Waals surface area contributed by atoms with Crippen LogP contribution < -0.4 is 11.1 Å². The molecule has 0 saturated heterocycles. The quantitative estimate of drug-likeness (QED) is 0.741. The van der Waals surface area contributed by atoms with E-state index in [0.717, 1.165) is 38.4 Å². The number of carbonyl (C=O) groups excluding carboxylic acids is 2. The van der Waals surface area contributed by atoms with E-state index in [9.17, 15) is 9.59 Å². The standard InChI is InChI=1S/C13H14N4O2S4/c1-20-12-16-17-13(23-12)21-5-8(18)15-11-9(10(14)19)6-3-2-4-7(6)22-11/h2-5H2,1H3,(H2,14,19)(H,15,18). The van der Waals surface area contributed by atoms with Crippen LogP contribution in [0.2, 0.25) is 0 Å². The van der Waals surface area contributed by atoms with Gasteiger partial charge in [-0.2, -0.15) is 0 Å². The van der Waals surface area contributed by atoms with E-state index in [0.29, 0.717) is 10.6 Å². The lowest BCUT2D eigenvalue weighted by Crippen LogP contribution is -2.18. The molecule has 0 aliphatic heterocycles. The number of aromatic nitrogens is 2. The van der Waals surface area contributed by atoms with Gasteiger partial charge in [0.05, 0.1) is 11.3 Å². The second-order valence-corrected chi connectivity index (χ2v) is 9.16. The van der Waals surface area contributed by atoms with Crippen LogP contribution in [0.5, 0.6) is 0 Å². The third-order valence-electron chi connectivity index (χ3n) is 3.31. The van der Waals surface area contributed by atoms with E-state index < -0.39 is 5.91 Å². The maximum absolute atomic E-state index is 12.1. The van der Waals surface area contributed by atoms with E-state index in [1.54, 1.807) is 0 Å². The molecule has 0 aromatic carbocycles. The number of carbonyl (C=O) groups is 2. The Kier molecular flexibility index (Phi) is 5.24.